The highest BCUT2D eigenvalue weighted by atomic mass is 35.5. The molecule has 1 aliphatic rings. The van der Waals surface area contributed by atoms with Crippen LogP contribution in [0.25, 0.3) is 0 Å². The normalized spacial score (nSPS) is 14.1. The Hall–Kier alpha value is -2.23. The second-order valence-electron chi connectivity index (χ2n) is 5.90. The van der Waals surface area contributed by atoms with Crippen LogP contribution in [0, 0.1) is 0 Å². The fourth-order valence-electron chi connectivity index (χ4n) is 2.32. The van der Waals surface area contributed by atoms with Gasteiger partial charge in [0.25, 0.3) is 0 Å². The molecule has 0 saturated heterocycles. The third kappa shape index (κ3) is 4.12. The van der Waals surface area contributed by atoms with Crippen molar-refractivity contribution in [2.45, 2.75) is 30.2 Å². The first kappa shape index (κ1) is 18.6. The maximum atomic E-state index is 11.9. The number of carbonyl (C=O) groups excluding carboxylic acids is 1. The predicted molar refractivity (Wildman–Crippen MR) is 95.5 cm³/mol. The number of anilines is 1. The number of halogens is 1. The minimum absolute atomic E-state index is 0.0261. The van der Waals surface area contributed by atoms with Crippen molar-refractivity contribution in [2.75, 3.05) is 12.4 Å². The van der Waals surface area contributed by atoms with E-state index in [9.17, 15) is 13.2 Å². The lowest BCUT2D eigenvalue weighted by atomic mass is 10.2. The monoisotopic (exact) mass is 396 g/mol. The van der Waals surface area contributed by atoms with Gasteiger partial charge in [-0.05, 0) is 30.5 Å². The van der Waals surface area contributed by atoms with Gasteiger partial charge in [-0.15, -0.1) is 0 Å². The molecule has 0 spiro atoms. The summed E-state index contributed by atoms with van der Waals surface area (Å²) in [6.45, 7) is 0.326. The summed E-state index contributed by atoms with van der Waals surface area (Å²) < 4.78 is 27.3. The van der Waals surface area contributed by atoms with E-state index in [-0.39, 0.29) is 21.5 Å². The van der Waals surface area contributed by atoms with Crippen molar-refractivity contribution in [2.24, 2.45) is 5.14 Å². The van der Waals surface area contributed by atoms with E-state index in [1.165, 1.54) is 19.2 Å². The number of sulfonamides is 1. The number of esters is 1. The average Bonchev–Trinajstić information content (AvgIpc) is 3.45. The maximum absolute atomic E-state index is 11.9. The minimum Gasteiger partial charge on any atom is -0.464 e. The zero-order valence-corrected chi connectivity index (χ0v) is 15.5. The van der Waals surface area contributed by atoms with Crippen LogP contribution in [0.15, 0.2) is 29.2 Å². The van der Waals surface area contributed by atoms with Crippen molar-refractivity contribution in [1.29, 1.82) is 0 Å². The van der Waals surface area contributed by atoms with Gasteiger partial charge in [0, 0.05) is 12.5 Å². The Morgan fingerprint density at radius 2 is 1.96 bits per heavy atom. The SMILES string of the molecule is COC(=O)c1nc(C2CC2)nc(NCc2ccc(S(N)(=O)=O)cc2)c1Cl. The van der Waals surface area contributed by atoms with Gasteiger partial charge in [0.05, 0.1) is 12.0 Å². The molecule has 0 radical (unpaired) electrons. The molecule has 26 heavy (non-hydrogen) atoms. The summed E-state index contributed by atoms with van der Waals surface area (Å²) in [6, 6.07) is 6.10. The van der Waals surface area contributed by atoms with Crippen molar-refractivity contribution in [3.63, 3.8) is 0 Å². The zero-order chi connectivity index (χ0) is 18.9. The Morgan fingerprint density at radius 3 is 2.50 bits per heavy atom. The molecule has 1 aromatic carbocycles. The Kier molecular flexibility index (Phi) is 5.12. The van der Waals surface area contributed by atoms with Gasteiger partial charge in [0.2, 0.25) is 10.0 Å². The lowest BCUT2D eigenvalue weighted by molar-refractivity contribution is 0.0593. The smallest absolute Gasteiger partial charge is 0.358 e. The Morgan fingerprint density at radius 1 is 1.31 bits per heavy atom. The first-order valence-electron chi connectivity index (χ1n) is 7.81. The number of methoxy groups -OCH3 is 1. The minimum atomic E-state index is -3.73. The molecule has 1 aliphatic carbocycles. The fraction of sp³-hybridized carbons (Fsp3) is 0.312. The molecule has 3 rings (SSSR count). The van der Waals surface area contributed by atoms with E-state index in [0.29, 0.717) is 18.2 Å². The maximum Gasteiger partial charge on any atom is 0.358 e. The van der Waals surface area contributed by atoms with Gasteiger partial charge < -0.3 is 10.1 Å². The molecule has 10 heteroatoms. The van der Waals surface area contributed by atoms with E-state index < -0.39 is 16.0 Å². The second kappa shape index (κ2) is 7.18. The number of carbonyl (C=O) groups is 1. The highest BCUT2D eigenvalue weighted by molar-refractivity contribution is 7.89. The van der Waals surface area contributed by atoms with Crippen LogP contribution in [0.4, 0.5) is 5.82 Å². The van der Waals surface area contributed by atoms with Crippen molar-refractivity contribution in [3.8, 4) is 0 Å². The van der Waals surface area contributed by atoms with Crippen LogP contribution in [-0.2, 0) is 21.3 Å². The van der Waals surface area contributed by atoms with Crippen molar-refractivity contribution < 1.29 is 17.9 Å². The highest BCUT2D eigenvalue weighted by Gasteiger charge is 2.30. The van der Waals surface area contributed by atoms with Crippen LogP contribution in [0.2, 0.25) is 5.02 Å². The summed E-state index contributed by atoms with van der Waals surface area (Å²) in [5.74, 6) is 0.492. The molecule has 0 bridgehead atoms. The lowest BCUT2D eigenvalue weighted by Crippen LogP contribution is -2.13. The molecular weight excluding hydrogens is 380 g/mol. The van der Waals surface area contributed by atoms with Crippen molar-refractivity contribution in [3.05, 3.63) is 46.4 Å². The third-order valence-electron chi connectivity index (χ3n) is 3.90. The number of hydrogen-bond donors (Lipinski definition) is 2. The van der Waals surface area contributed by atoms with Crippen LogP contribution in [0.1, 0.15) is 40.6 Å². The second-order valence-corrected chi connectivity index (χ2v) is 7.84. The average molecular weight is 397 g/mol. The molecule has 8 nitrogen and oxygen atoms in total. The number of ether oxygens (including phenoxy) is 1. The largest absolute Gasteiger partial charge is 0.464 e. The number of rotatable bonds is 6. The van der Waals surface area contributed by atoms with E-state index >= 15 is 0 Å². The topological polar surface area (TPSA) is 124 Å². The molecule has 0 amide bonds. The van der Waals surface area contributed by atoms with Gasteiger partial charge in [-0.2, -0.15) is 0 Å². The van der Waals surface area contributed by atoms with Gasteiger partial charge >= 0.3 is 5.97 Å². The number of primary sulfonamides is 1. The van der Waals surface area contributed by atoms with Gasteiger partial charge in [0.15, 0.2) is 5.69 Å². The molecule has 0 aliphatic heterocycles. The quantitative estimate of drug-likeness (QED) is 0.716. The standard InChI is InChI=1S/C16H17ClN4O4S/c1-25-16(22)13-12(17)15(21-14(20-13)10-4-5-10)19-8-9-2-6-11(7-3-9)26(18,23)24/h2-3,6-7,10H,4-5,8H2,1H3,(H2,18,23,24)(H,19,20,21). The number of nitrogens with zero attached hydrogens (tertiary/aromatic N) is 2. The highest BCUT2D eigenvalue weighted by Crippen LogP contribution is 2.39. The van der Waals surface area contributed by atoms with E-state index in [1.807, 2.05) is 0 Å². The molecular formula is C16H17ClN4O4S. The van der Waals surface area contributed by atoms with E-state index in [1.54, 1.807) is 12.1 Å². The number of benzene rings is 1. The summed E-state index contributed by atoms with van der Waals surface area (Å²) in [7, 11) is -2.47. The van der Waals surface area contributed by atoms with Crippen LogP contribution in [-0.4, -0.2) is 31.5 Å². The Bertz CT molecular complexity index is 943. The van der Waals surface area contributed by atoms with Gasteiger partial charge in [-0.25, -0.2) is 28.3 Å². The van der Waals surface area contributed by atoms with Crippen molar-refractivity contribution >= 4 is 33.4 Å². The summed E-state index contributed by atoms with van der Waals surface area (Å²) in [5.41, 5.74) is 0.817. The fourth-order valence-corrected chi connectivity index (χ4v) is 3.06. The van der Waals surface area contributed by atoms with E-state index in [0.717, 1.165) is 18.4 Å². The van der Waals surface area contributed by atoms with Crippen LogP contribution >= 0.6 is 11.6 Å². The van der Waals surface area contributed by atoms with Crippen molar-refractivity contribution in [1.82, 2.24) is 9.97 Å². The molecule has 3 N–H and O–H groups in total. The molecule has 0 unspecified atom stereocenters. The zero-order valence-electron chi connectivity index (χ0n) is 13.9. The third-order valence-corrected chi connectivity index (χ3v) is 5.19. The number of nitrogens with two attached hydrogens (primary N) is 1. The van der Waals surface area contributed by atoms with Gasteiger partial charge in [0.1, 0.15) is 16.7 Å². The summed E-state index contributed by atoms with van der Waals surface area (Å²) in [6.07, 6.45) is 1.94. The molecule has 1 fully saturated rings. The summed E-state index contributed by atoms with van der Waals surface area (Å²) in [4.78, 5) is 20.6. The number of hydrogen-bond acceptors (Lipinski definition) is 7. The first-order valence-corrected chi connectivity index (χ1v) is 9.73. The first-order chi connectivity index (χ1) is 12.3. The molecule has 2 aromatic rings. The van der Waals surface area contributed by atoms with Gasteiger partial charge in [-0.1, -0.05) is 23.7 Å². The van der Waals surface area contributed by atoms with Crippen LogP contribution in [0.5, 0.6) is 0 Å². The lowest BCUT2D eigenvalue weighted by Gasteiger charge is -2.12. The van der Waals surface area contributed by atoms with Crippen LogP contribution in [0.3, 0.4) is 0 Å². The predicted octanol–water partition coefficient (Wildman–Crippen LogP) is 2.05. The summed E-state index contributed by atoms with van der Waals surface area (Å²) in [5, 5.41) is 8.22. The number of aromatic nitrogens is 2. The molecule has 1 heterocycles. The van der Waals surface area contributed by atoms with E-state index in [2.05, 4.69) is 15.3 Å². The summed E-state index contributed by atoms with van der Waals surface area (Å²) >= 11 is 6.25. The van der Waals surface area contributed by atoms with E-state index in [4.69, 9.17) is 21.5 Å². The molecule has 138 valence electrons. The molecule has 1 aromatic heterocycles. The molecule has 1 saturated carbocycles. The van der Waals surface area contributed by atoms with Gasteiger partial charge in [-0.3, -0.25) is 0 Å². The number of nitrogens with one attached hydrogen (secondary N) is 1. The van der Waals surface area contributed by atoms with Crippen LogP contribution < -0.4 is 10.5 Å². The molecule has 0 atom stereocenters. The Balaban J connectivity index is 1.83. The Labute approximate surface area is 155 Å².